The van der Waals surface area contributed by atoms with Gasteiger partial charge in [-0.15, -0.1) is 11.3 Å². The number of amides is 3. The van der Waals surface area contributed by atoms with Crippen molar-refractivity contribution in [1.29, 1.82) is 0 Å². The highest BCUT2D eigenvalue weighted by atomic mass is 32.1. The van der Waals surface area contributed by atoms with Gasteiger partial charge in [-0.1, -0.05) is 30.3 Å². The van der Waals surface area contributed by atoms with Gasteiger partial charge in [-0.2, -0.15) is 0 Å². The zero-order chi connectivity index (χ0) is 14.3. The van der Waals surface area contributed by atoms with Crippen molar-refractivity contribution in [2.75, 3.05) is 4.90 Å². The number of anilines is 1. The Morgan fingerprint density at radius 2 is 1.95 bits per heavy atom. The first-order chi connectivity index (χ1) is 9.52. The van der Waals surface area contributed by atoms with Crippen LogP contribution in [0.4, 0.5) is 9.93 Å². The number of benzene rings is 1. The fourth-order valence-electron chi connectivity index (χ4n) is 2.22. The number of carbonyl (C=O) groups excluding carboxylic acids is 2. The lowest BCUT2D eigenvalue weighted by molar-refractivity contribution is -0.121. The Hall–Kier alpha value is -2.21. The summed E-state index contributed by atoms with van der Waals surface area (Å²) in [5.41, 5.74) is 0.505. The predicted octanol–water partition coefficient (Wildman–Crippen LogP) is 2.42. The molecule has 6 heteroatoms. The fourth-order valence-corrected chi connectivity index (χ4v) is 3.02. The second-order valence-corrected chi connectivity index (χ2v) is 5.67. The second-order valence-electron chi connectivity index (χ2n) is 4.83. The molecule has 0 saturated carbocycles. The van der Waals surface area contributed by atoms with Crippen molar-refractivity contribution in [3.63, 3.8) is 0 Å². The SMILES string of the molecule is Cc1csc(N2C(=O)NC(C)(c3ccccc3)C2=O)n1. The van der Waals surface area contributed by atoms with Crippen LogP contribution in [-0.4, -0.2) is 16.9 Å². The predicted molar refractivity (Wildman–Crippen MR) is 76.7 cm³/mol. The Bertz CT molecular complexity index is 683. The van der Waals surface area contributed by atoms with E-state index in [9.17, 15) is 9.59 Å². The summed E-state index contributed by atoms with van der Waals surface area (Å²) in [5, 5.41) is 4.98. The summed E-state index contributed by atoms with van der Waals surface area (Å²) in [4.78, 5) is 30.1. The number of nitrogens with zero attached hydrogens (tertiary/aromatic N) is 2. The van der Waals surface area contributed by atoms with E-state index in [2.05, 4.69) is 10.3 Å². The number of aryl methyl sites for hydroxylation is 1. The molecule has 1 saturated heterocycles. The van der Waals surface area contributed by atoms with Gasteiger partial charge in [0.15, 0.2) is 0 Å². The van der Waals surface area contributed by atoms with E-state index in [1.165, 1.54) is 11.3 Å². The maximum atomic E-state index is 12.7. The summed E-state index contributed by atoms with van der Waals surface area (Å²) in [6, 6.07) is 8.78. The molecule has 0 bridgehead atoms. The van der Waals surface area contributed by atoms with Crippen LogP contribution >= 0.6 is 11.3 Å². The van der Waals surface area contributed by atoms with Gasteiger partial charge in [0.1, 0.15) is 5.54 Å². The largest absolute Gasteiger partial charge is 0.331 e. The van der Waals surface area contributed by atoms with Crippen LogP contribution in [0, 0.1) is 6.92 Å². The second kappa shape index (κ2) is 4.42. The first kappa shape index (κ1) is 12.8. The van der Waals surface area contributed by atoms with Gasteiger partial charge in [-0.3, -0.25) is 4.79 Å². The number of rotatable bonds is 2. The highest BCUT2D eigenvalue weighted by Gasteiger charge is 2.50. The third-order valence-corrected chi connectivity index (χ3v) is 4.28. The van der Waals surface area contributed by atoms with Crippen LogP contribution in [0.5, 0.6) is 0 Å². The first-order valence-electron chi connectivity index (χ1n) is 6.17. The Morgan fingerprint density at radius 1 is 1.25 bits per heavy atom. The monoisotopic (exact) mass is 287 g/mol. The number of imide groups is 1. The number of nitrogens with one attached hydrogen (secondary N) is 1. The first-order valence-corrected chi connectivity index (χ1v) is 7.05. The molecular formula is C14H13N3O2S. The Labute approximate surface area is 120 Å². The minimum atomic E-state index is -1.04. The molecule has 1 aliphatic rings. The molecule has 2 heterocycles. The van der Waals surface area contributed by atoms with Crippen molar-refractivity contribution in [2.45, 2.75) is 19.4 Å². The molecule has 1 aromatic carbocycles. The molecule has 1 aromatic heterocycles. The van der Waals surface area contributed by atoms with Crippen molar-refractivity contribution >= 4 is 28.4 Å². The van der Waals surface area contributed by atoms with Crippen LogP contribution in [0.3, 0.4) is 0 Å². The normalized spacial score (nSPS) is 22.2. The molecule has 20 heavy (non-hydrogen) atoms. The van der Waals surface area contributed by atoms with E-state index in [1.807, 2.05) is 42.6 Å². The summed E-state index contributed by atoms with van der Waals surface area (Å²) in [6.07, 6.45) is 0. The third kappa shape index (κ3) is 1.80. The summed E-state index contributed by atoms with van der Waals surface area (Å²) in [6.45, 7) is 3.54. The molecule has 0 spiro atoms. The van der Waals surface area contributed by atoms with Gasteiger partial charge in [-0.05, 0) is 19.4 Å². The van der Waals surface area contributed by atoms with Crippen LogP contribution in [0.25, 0.3) is 0 Å². The quantitative estimate of drug-likeness (QED) is 0.863. The van der Waals surface area contributed by atoms with Gasteiger partial charge in [0.25, 0.3) is 5.91 Å². The zero-order valence-corrected chi connectivity index (χ0v) is 11.9. The number of carbonyl (C=O) groups is 2. The van der Waals surface area contributed by atoms with E-state index in [0.29, 0.717) is 5.13 Å². The molecule has 1 aliphatic heterocycles. The Kier molecular flexibility index (Phi) is 2.83. The van der Waals surface area contributed by atoms with Gasteiger partial charge in [0, 0.05) is 5.38 Å². The van der Waals surface area contributed by atoms with Crippen LogP contribution in [0.1, 0.15) is 18.2 Å². The minimum Gasteiger partial charge on any atom is -0.319 e. The van der Waals surface area contributed by atoms with E-state index < -0.39 is 11.6 Å². The average molecular weight is 287 g/mol. The summed E-state index contributed by atoms with van der Waals surface area (Å²) in [7, 11) is 0. The number of urea groups is 1. The lowest BCUT2D eigenvalue weighted by Gasteiger charge is -2.21. The van der Waals surface area contributed by atoms with E-state index in [4.69, 9.17) is 0 Å². The number of hydrogen-bond acceptors (Lipinski definition) is 4. The fraction of sp³-hybridized carbons (Fsp3) is 0.214. The number of thiazole rings is 1. The van der Waals surface area contributed by atoms with Crippen LogP contribution in [0.15, 0.2) is 35.7 Å². The van der Waals surface area contributed by atoms with Crippen molar-refractivity contribution in [1.82, 2.24) is 10.3 Å². The molecule has 3 amide bonds. The molecule has 0 aliphatic carbocycles. The minimum absolute atomic E-state index is 0.303. The van der Waals surface area contributed by atoms with Gasteiger partial charge >= 0.3 is 6.03 Å². The van der Waals surface area contributed by atoms with Gasteiger partial charge < -0.3 is 5.32 Å². The Balaban J connectivity index is 2.02. The molecule has 1 fully saturated rings. The topological polar surface area (TPSA) is 62.3 Å². The smallest absolute Gasteiger partial charge is 0.319 e. The average Bonchev–Trinajstić information content (AvgIpc) is 2.94. The van der Waals surface area contributed by atoms with Crippen molar-refractivity contribution in [3.8, 4) is 0 Å². The van der Waals surface area contributed by atoms with Crippen molar-refractivity contribution < 1.29 is 9.59 Å². The van der Waals surface area contributed by atoms with Gasteiger partial charge in [0.05, 0.1) is 5.69 Å². The van der Waals surface area contributed by atoms with E-state index in [-0.39, 0.29) is 5.91 Å². The molecule has 1 N–H and O–H groups in total. The highest BCUT2D eigenvalue weighted by molar-refractivity contribution is 7.14. The third-order valence-electron chi connectivity index (χ3n) is 3.34. The van der Waals surface area contributed by atoms with Crippen molar-refractivity contribution in [3.05, 3.63) is 47.0 Å². The molecule has 102 valence electrons. The standard InChI is InChI=1S/C14H13N3O2S/c1-9-8-20-13(15-9)17-11(18)14(2,16-12(17)19)10-6-4-3-5-7-10/h3-8H,1-2H3,(H,16,19). The lowest BCUT2D eigenvalue weighted by atomic mass is 9.92. The van der Waals surface area contributed by atoms with Crippen LogP contribution < -0.4 is 10.2 Å². The summed E-state index contributed by atoms with van der Waals surface area (Å²) < 4.78 is 0. The number of aromatic nitrogens is 1. The number of hydrogen-bond donors (Lipinski definition) is 1. The zero-order valence-electron chi connectivity index (χ0n) is 11.1. The Morgan fingerprint density at radius 3 is 2.55 bits per heavy atom. The molecule has 1 atom stereocenters. The van der Waals surface area contributed by atoms with E-state index >= 15 is 0 Å². The molecule has 2 aromatic rings. The lowest BCUT2D eigenvalue weighted by Crippen LogP contribution is -2.40. The van der Waals surface area contributed by atoms with Crippen LogP contribution in [-0.2, 0) is 10.3 Å². The molecule has 5 nitrogen and oxygen atoms in total. The molecular weight excluding hydrogens is 274 g/mol. The van der Waals surface area contributed by atoms with Gasteiger partial charge in [0.2, 0.25) is 5.13 Å². The maximum Gasteiger partial charge on any atom is 0.331 e. The van der Waals surface area contributed by atoms with Crippen LogP contribution in [0.2, 0.25) is 0 Å². The van der Waals surface area contributed by atoms with Crippen molar-refractivity contribution in [2.24, 2.45) is 0 Å². The van der Waals surface area contributed by atoms with E-state index in [0.717, 1.165) is 16.2 Å². The molecule has 0 radical (unpaired) electrons. The van der Waals surface area contributed by atoms with Gasteiger partial charge in [-0.25, -0.2) is 14.7 Å². The summed E-state index contributed by atoms with van der Waals surface area (Å²) in [5.74, 6) is -0.303. The van der Waals surface area contributed by atoms with E-state index in [1.54, 1.807) is 6.92 Å². The maximum absolute atomic E-state index is 12.7. The molecule has 3 rings (SSSR count). The highest BCUT2D eigenvalue weighted by Crippen LogP contribution is 2.33. The molecule has 1 unspecified atom stereocenters. The summed E-state index contributed by atoms with van der Waals surface area (Å²) >= 11 is 1.28.